The number of rotatable bonds is 7. The van der Waals surface area contributed by atoms with Crippen LogP contribution in [0.3, 0.4) is 0 Å². The number of urea groups is 1. The number of nitrogens with one attached hydrogen (secondary N) is 2. The molecule has 8 heteroatoms. The summed E-state index contributed by atoms with van der Waals surface area (Å²) in [6, 6.07) is 12.0. The predicted octanol–water partition coefficient (Wildman–Crippen LogP) is 3.54. The highest BCUT2D eigenvalue weighted by molar-refractivity contribution is 6.30. The second-order valence-corrected chi connectivity index (χ2v) is 7.95. The third-order valence-corrected chi connectivity index (χ3v) is 5.42. The molecule has 0 aliphatic carbocycles. The minimum atomic E-state index is -1.06. The lowest BCUT2D eigenvalue weighted by Crippen LogP contribution is -2.45. The molecule has 1 atom stereocenters. The molecule has 2 aromatic rings. The normalized spacial score (nSPS) is 18.3. The van der Waals surface area contributed by atoms with Crippen LogP contribution in [-0.2, 0) is 16.0 Å². The van der Waals surface area contributed by atoms with Crippen LogP contribution in [-0.4, -0.2) is 41.9 Å². The van der Waals surface area contributed by atoms with E-state index >= 15 is 0 Å². The van der Waals surface area contributed by atoms with Crippen LogP contribution >= 0.6 is 11.6 Å². The van der Waals surface area contributed by atoms with Crippen molar-refractivity contribution in [1.29, 1.82) is 0 Å². The second-order valence-electron chi connectivity index (χ2n) is 7.51. The van der Waals surface area contributed by atoms with Gasteiger partial charge < -0.3 is 15.4 Å². The van der Waals surface area contributed by atoms with Crippen LogP contribution in [0.1, 0.15) is 24.5 Å². The van der Waals surface area contributed by atoms with Gasteiger partial charge in [-0.05, 0) is 68.1 Å². The predicted molar refractivity (Wildman–Crippen MR) is 115 cm³/mol. The number of benzene rings is 2. The van der Waals surface area contributed by atoms with Crippen molar-refractivity contribution < 1.29 is 19.1 Å². The molecule has 1 aliphatic heterocycles. The molecule has 2 aromatic carbocycles. The molecule has 1 fully saturated rings. The fourth-order valence-corrected chi connectivity index (χ4v) is 3.57. The number of nitrogens with zero attached hydrogens (tertiary/aromatic N) is 1. The van der Waals surface area contributed by atoms with Crippen LogP contribution in [0, 0.1) is 6.92 Å². The van der Waals surface area contributed by atoms with E-state index in [-0.39, 0.29) is 6.54 Å². The fourth-order valence-electron chi connectivity index (χ4n) is 3.35. The number of amides is 4. The lowest BCUT2D eigenvalue weighted by atomic mass is 9.93. The molecule has 2 N–H and O–H groups in total. The summed E-state index contributed by atoms with van der Waals surface area (Å²) in [5, 5.41) is 6.01. The zero-order valence-electron chi connectivity index (χ0n) is 17.1. The van der Waals surface area contributed by atoms with Crippen LogP contribution in [0.4, 0.5) is 10.5 Å². The van der Waals surface area contributed by atoms with Crippen molar-refractivity contribution in [2.24, 2.45) is 0 Å². The Labute approximate surface area is 180 Å². The third-order valence-electron chi connectivity index (χ3n) is 5.18. The highest BCUT2D eigenvalue weighted by Gasteiger charge is 2.47. The van der Waals surface area contributed by atoms with Gasteiger partial charge in [0.1, 0.15) is 17.8 Å². The van der Waals surface area contributed by atoms with Crippen molar-refractivity contribution in [1.82, 2.24) is 10.2 Å². The first-order chi connectivity index (χ1) is 14.2. The van der Waals surface area contributed by atoms with E-state index in [1.165, 1.54) is 0 Å². The quantitative estimate of drug-likeness (QED) is 0.659. The minimum absolute atomic E-state index is 0.356. The molecule has 1 saturated heterocycles. The van der Waals surface area contributed by atoms with E-state index in [2.05, 4.69) is 10.6 Å². The second kappa shape index (κ2) is 8.75. The van der Waals surface area contributed by atoms with Gasteiger partial charge in [-0.2, -0.15) is 0 Å². The van der Waals surface area contributed by atoms with E-state index in [9.17, 15) is 14.4 Å². The molecule has 0 radical (unpaired) electrons. The molecule has 7 nitrogen and oxygen atoms in total. The maximum absolute atomic E-state index is 12.9. The number of anilines is 1. The van der Waals surface area contributed by atoms with Gasteiger partial charge in [0.05, 0.1) is 7.11 Å². The molecule has 0 aromatic heterocycles. The first-order valence-electron chi connectivity index (χ1n) is 9.55. The monoisotopic (exact) mass is 429 g/mol. The molecule has 0 bridgehead atoms. The Morgan fingerprint density at radius 3 is 2.53 bits per heavy atom. The maximum atomic E-state index is 12.9. The summed E-state index contributed by atoms with van der Waals surface area (Å²) < 4.78 is 5.14. The molecule has 0 saturated carbocycles. The van der Waals surface area contributed by atoms with E-state index in [4.69, 9.17) is 16.3 Å². The van der Waals surface area contributed by atoms with E-state index in [1.807, 2.05) is 31.2 Å². The molecular formula is C22H24ClN3O4. The van der Waals surface area contributed by atoms with Gasteiger partial charge >= 0.3 is 6.03 Å². The summed E-state index contributed by atoms with van der Waals surface area (Å²) >= 11 is 5.92. The van der Waals surface area contributed by atoms with E-state index in [1.54, 1.807) is 32.2 Å². The Bertz CT molecular complexity index is 977. The molecule has 158 valence electrons. The van der Waals surface area contributed by atoms with Gasteiger partial charge in [0.15, 0.2) is 0 Å². The number of hydrogen-bond donors (Lipinski definition) is 2. The summed E-state index contributed by atoms with van der Waals surface area (Å²) in [5.41, 5.74) is 1.33. The highest BCUT2D eigenvalue weighted by Crippen LogP contribution is 2.24. The van der Waals surface area contributed by atoms with Crippen LogP contribution < -0.4 is 15.4 Å². The maximum Gasteiger partial charge on any atom is 0.325 e. The Kier molecular flexibility index (Phi) is 6.31. The minimum Gasteiger partial charge on any atom is -0.497 e. The van der Waals surface area contributed by atoms with Crippen LogP contribution in [0.5, 0.6) is 5.75 Å². The van der Waals surface area contributed by atoms with Crippen LogP contribution in [0.25, 0.3) is 0 Å². The lowest BCUT2D eigenvalue weighted by molar-refractivity contribution is -0.133. The molecule has 1 unspecified atom stereocenters. The Hall–Kier alpha value is -3.06. The summed E-state index contributed by atoms with van der Waals surface area (Å²) in [6.07, 6.45) is 1.01. The molecular weight excluding hydrogens is 406 g/mol. The van der Waals surface area contributed by atoms with Crippen molar-refractivity contribution >= 4 is 35.1 Å². The number of hydrogen-bond acceptors (Lipinski definition) is 4. The van der Waals surface area contributed by atoms with Gasteiger partial charge in [0, 0.05) is 10.7 Å². The zero-order chi connectivity index (χ0) is 21.9. The van der Waals surface area contributed by atoms with Crippen molar-refractivity contribution in [3.8, 4) is 5.75 Å². The Morgan fingerprint density at radius 1 is 1.20 bits per heavy atom. The molecule has 1 aliphatic rings. The van der Waals surface area contributed by atoms with Gasteiger partial charge in [0.2, 0.25) is 5.91 Å². The first kappa shape index (κ1) is 21.6. The molecule has 1 heterocycles. The van der Waals surface area contributed by atoms with E-state index < -0.39 is 23.4 Å². The SMILES string of the molecule is COc1ccc(CCC2(C)NC(=O)N(CC(=O)Nc3ccc(Cl)cc3C)C2=O)cc1. The van der Waals surface area contributed by atoms with Gasteiger partial charge in [-0.25, -0.2) is 4.79 Å². The molecule has 30 heavy (non-hydrogen) atoms. The summed E-state index contributed by atoms with van der Waals surface area (Å²) in [4.78, 5) is 38.6. The standard InChI is InChI=1S/C22H24ClN3O4/c1-14-12-16(23)6-9-18(14)24-19(27)13-26-20(28)22(2,25-21(26)29)11-10-15-4-7-17(30-3)8-5-15/h4-9,12H,10-11,13H2,1-3H3,(H,24,27)(H,25,29). The number of carbonyl (C=O) groups is 3. The number of halogens is 1. The van der Waals surface area contributed by atoms with Crippen LogP contribution in [0.15, 0.2) is 42.5 Å². The van der Waals surface area contributed by atoms with Crippen LogP contribution in [0.2, 0.25) is 5.02 Å². The lowest BCUT2D eigenvalue weighted by Gasteiger charge is -2.21. The van der Waals surface area contributed by atoms with Gasteiger partial charge in [-0.3, -0.25) is 14.5 Å². The molecule has 4 amide bonds. The van der Waals surface area contributed by atoms with E-state index in [0.717, 1.165) is 21.8 Å². The highest BCUT2D eigenvalue weighted by atomic mass is 35.5. The molecule has 0 spiro atoms. The number of carbonyl (C=O) groups excluding carboxylic acids is 3. The summed E-state index contributed by atoms with van der Waals surface area (Å²) in [5.74, 6) is -0.115. The smallest absolute Gasteiger partial charge is 0.325 e. The van der Waals surface area contributed by atoms with Crippen molar-refractivity contribution in [2.45, 2.75) is 32.2 Å². The van der Waals surface area contributed by atoms with Crippen molar-refractivity contribution in [3.63, 3.8) is 0 Å². The Balaban J connectivity index is 1.62. The topological polar surface area (TPSA) is 87.7 Å². The number of ether oxygens (including phenoxy) is 1. The number of imide groups is 1. The third kappa shape index (κ3) is 4.74. The van der Waals surface area contributed by atoms with Crippen molar-refractivity contribution in [2.75, 3.05) is 19.0 Å². The van der Waals surface area contributed by atoms with Gasteiger partial charge in [0.25, 0.3) is 5.91 Å². The fraction of sp³-hybridized carbons (Fsp3) is 0.318. The molecule has 3 rings (SSSR count). The number of methoxy groups -OCH3 is 1. The van der Waals surface area contributed by atoms with Gasteiger partial charge in [-0.15, -0.1) is 0 Å². The summed E-state index contributed by atoms with van der Waals surface area (Å²) in [6.45, 7) is 3.13. The van der Waals surface area contributed by atoms with E-state index in [0.29, 0.717) is 23.6 Å². The Morgan fingerprint density at radius 2 is 1.90 bits per heavy atom. The first-order valence-corrected chi connectivity index (χ1v) is 9.93. The average Bonchev–Trinajstić information content (AvgIpc) is 2.92. The average molecular weight is 430 g/mol. The largest absolute Gasteiger partial charge is 0.497 e. The van der Waals surface area contributed by atoms with Gasteiger partial charge in [-0.1, -0.05) is 23.7 Å². The van der Waals surface area contributed by atoms with Crippen molar-refractivity contribution in [3.05, 3.63) is 58.6 Å². The zero-order valence-corrected chi connectivity index (χ0v) is 17.9. The number of aryl methyl sites for hydroxylation is 2. The summed E-state index contributed by atoms with van der Waals surface area (Å²) in [7, 11) is 1.60.